The molecule has 0 N–H and O–H groups in total. The summed E-state index contributed by atoms with van der Waals surface area (Å²) in [4.78, 5) is 5.04. The fraction of sp³-hybridized carbons (Fsp3) is 0.188. The molecule has 0 bridgehead atoms. The number of fused-ring (bicyclic) bond motifs is 14. The molecule has 0 amide bonds. The van der Waals surface area contributed by atoms with Gasteiger partial charge in [0.2, 0.25) is 0 Å². The van der Waals surface area contributed by atoms with Crippen LogP contribution in [0.1, 0.15) is 124 Å². The highest BCUT2D eigenvalue weighted by atomic mass is 15.2. The second kappa shape index (κ2) is 17.3. The van der Waals surface area contributed by atoms with Gasteiger partial charge in [-0.3, -0.25) is 0 Å². The summed E-state index contributed by atoms with van der Waals surface area (Å²) in [5, 5.41) is 4.96. The second-order valence-electron chi connectivity index (χ2n) is 21.2. The average Bonchev–Trinajstić information content (AvgIpc) is 3.88. The lowest BCUT2D eigenvalue weighted by Crippen LogP contribution is -2.26. The van der Waals surface area contributed by atoms with Crippen molar-refractivity contribution >= 4 is 55.7 Å². The Labute approximate surface area is 420 Å². The molecule has 0 heterocycles. The van der Waals surface area contributed by atoms with E-state index in [0.717, 1.165) is 22.7 Å². The van der Waals surface area contributed by atoms with Gasteiger partial charge in [-0.05, 0) is 162 Å². The molecule has 2 nitrogen and oxygen atoms in total. The van der Waals surface area contributed by atoms with Crippen molar-refractivity contribution in [3.8, 4) is 22.3 Å². The number of anilines is 6. The van der Waals surface area contributed by atoms with Crippen LogP contribution in [-0.4, -0.2) is 0 Å². The molecule has 348 valence electrons. The third-order valence-corrected chi connectivity index (χ3v) is 15.8. The Morgan fingerprint density at radius 3 is 0.845 bits per heavy atom. The molecule has 0 radical (unpaired) electrons. The number of hydrogen-bond donors (Lipinski definition) is 0. The van der Waals surface area contributed by atoms with Gasteiger partial charge in [-0.15, -0.1) is 0 Å². The molecular weight excluding hydrogens is 857 g/mol. The quantitative estimate of drug-likeness (QED) is 0.135. The van der Waals surface area contributed by atoms with Crippen molar-refractivity contribution in [2.45, 2.75) is 84.5 Å². The van der Waals surface area contributed by atoms with Gasteiger partial charge in [-0.25, -0.2) is 0 Å². The molecule has 12 rings (SSSR count). The molecular formula is C69H62N2. The van der Waals surface area contributed by atoms with Crippen LogP contribution in [0.15, 0.2) is 206 Å². The largest absolute Gasteiger partial charge is 0.310 e. The van der Waals surface area contributed by atoms with Crippen LogP contribution in [0.5, 0.6) is 0 Å². The molecule has 10 aromatic rings. The van der Waals surface area contributed by atoms with Gasteiger partial charge in [-0.2, -0.15) is 0 Å². The number of hydrogen-bond acceptors (Lipinski definition) is 2. The summed E-state index contributed by atoms with van der Waals surface area (Å²) in [6.07, 6.45) is 0. The van der Waals surface area contributed by atoms with Crippen LogP contribution in [0.4, 0.5) is 34.1 Å². The average molecular weight is 919 g/mol. The normalized spacial score (nSPS) is 13.1. The number of nitrogens with zero attached hydrogens (tertiary/aromatic N) is 2. The van der Waals surface area contributed by atoms with Crippen LogP contribution in [0.3, 0.4) is 0 Å². The molecule has 1 spiro atoms. The van der Waals surface area contributed by atoms with Crippen molar-refractivity contribution in [1.29, 1.82) is 0 Å². The molecule has 0 unspecified atom stereocenters. The van der Waals surface area contributed by atoms with Gasteiger partial charge in [0.05, 0.1) is 16.8 Å². The molecule has 2 aliphatic rings. The van der Waals surface area contributed by atoms with E-state index in [4.69, 9.17) is 0 Å². The van der Waals surface area contributed by atoms with Gasteiger partial charge in [-0.1, -0.05) is 201 Å². The molecule has 2 heteroatoms. The molecule has 0 fully saturated rings. The fourth-order valence-electron chi connectivity index (χ4n) is 12.1. The zero-order valence-corrected chi connectivity index (χ0v) is 42.3. The first-order valence-corrected chi connectivity index (χ1v) is 25.9. The van der Waals surface area contributed by atoms with Crippen molar-refractivity contribution in [1.82, 2.24) is 0 Å². The first-order valence-electron chi connectivity index (χ1n) is 25.9. The molecule has 0 saturated heterocycles. The minimum Gasteiger partial charge on any atom is -0.310 e. The summed E-state index contributed by atoms with van der Waals surface area (Å²) in [6.45, 7) is 18.2. The van der Waals surface area contributed by atoms with Gasteiger partial charge in [0.25, 0.3) is 0 Å². The zero-order chi connectivity index (χ0) is 48.7. The van der Waals surface area contributed by atoms with Gasteiger partial charge in [0.15, 0.2) is 0 Å². The minimum atomic E-state index is -0.640. The zero-order valence-electron chi connectivity index (χ0n) is 42.3. The van der Waals surface area contributed by atoms with E-state index >= 15 is 0 Å². The van der Waals surface area contributed by atoms with E-state index in [0.29, 0.717) is 23.7 Å². The Balaban J connectivity index is 1.22. The summed E-state index contributed by atoms with van der Waals surface area (Å²) in [5.74, 6) is 1.72. The highest BCUT2D eigenvalue weighted by molar-refractivity contribution is 6.19. The second-order valence-corrected chi connectivity index (χ2v) is 21.2. The van der Waals surface area contributed by atoms with Crippen LogP contribution in [-0.2, 0) is 5.41 Å². The van der Waals surface area contributed by atoms with Crippen LogP contribution in [0.2, 0.25) is 0 Å². The maximum Gasteiger partial charge on any atom is 0.0727 e. The van der Waals surface area contributed by atoms with Crippen LogP contribution in [0, 0.1) is 0 Å². The maximum atomic E-state index is 2.59. The van der Waals surface area contributed by atoms with Crippen molar-refractivity contribution in [2.24, 2.45) is 0 Å². The molecule has 0 aliphatic heterocycles. The van der Waals surface area contributed by atoms with Crippen LogP contribution >= 0.6 is 0 Å². The molecule has 10 aromatic carbocycles. The molecule has 0 saturated carbocycles. The van der Waals surface area contributed by atoms with E-state index in [1.54, 1.807) is 0 Å². The van der Waals surface area contributed by atoms with E-state index in [9.17, 15) is 0 Å². The third-order valence-electron chi connectivity index (χ3n) is 15.8. The Hall–Kier alpha value is -7.68. The van der Waals surface area contributed by atoms with E-state index in [1.807, 2.05) is 0 Å². The summed E-state index contributed by atoms with van der Waals surface area (Å²) in [6, 6.07) is 79.2. The van der Waals surface area contributed by atoms with Crippen molar-refractivity contribution < 1.29 is 0 Å². The SMILES string of the molecule is CC(C)c1ccc(N(c2ccc(C(C)C)cc2)c2cc3c(c4ccccc24)-c2c(cc(N(c4ccc(C(C)C)cc4)c4ccc(C(C)C)cc4)c4ccccc24)C32c3ccccc3-c3ccccc32)cc1. The van der Waals surface area contributed by atoms with Crippen molar-refractivity contribution in [3.63, 3.8) is 0 Å². The fourth-order valence-corrected chi connectivity index (χ4v) is 12.1. The first-order chi connectivity index (χ1) is 34.5. The van der Waals surface area contributed by atoms with Crippen molar-refractivity contribution in [2.75, 3.05) is 9.80 Å². The molecule has 0 atom stereocenters. The molecule has 71 heavy (non-hydrogen) atoms. The number of benzene rings is 10. The van der Waals surface area contributed by atoms with Gasteiger partial charge >= 0.3 is 0 Å². The van der Waals surface area contributed by atoms with Gasteiger partial charge < -0.3 is 9.80 Å². The topological polar surface area (TPSA) is 6.48 Å². The van der Waals surface area contributed by atoms with E-state index < -0.39 is 5.41 Å². The van der Waals surface area contributed by atoms with Crippen molar-refractivity contribution in [3.05, 3.63) is 251 Å². The number of rotatable bonds is 10. The van der Waals surface area contributed by atoms with Crippen LogP contribution < -0.4 is 9.80 Å². The lowest BCUT2D eigenvalue weighted by atomic mass is 9.70. The molecule has 2 aliphatic carbocycles. The van der Waals surface area contributed by atoms with Crippen LogP contribution in [0.25, 0.3) is 43.8 Å². The summed E-state index contributed by atoms with van der Waals surface area (Å²) < 4.78 is 0. The lowest BCUT2D eigenvalue weighted by Gasteiger charge is -2.34. The lowest BCUT2D eigenvalue weighted by molar-refractivity contribution is 0.795. The summed E-state index contributed by atoms with van der Waals surface area (Å²) >= 11 is 0. The summed E-state index contributed by atoms with van der Waals surface area (Å²) in [5.41, 5.74) is 22.1. The van der Waals surface area contributed by atoms with Gasteiger partial charge in [0.1, 0.15) is 0 Å². The minimum absolute atomic E-state index is 0.430. The Morgan fingerprint density at radius 1 is 0.282 bits per heavy atom. The van der Waals surface area contributed by atoms with E-state index in [-0.39, 0.29) is 0 Å². The molecule has 0 aromatic heterocycles. The third kappa shape index (κ3) is 6.97. The van der Waals surface area contributed by atoms with E-state index in [1.165, 1.54) is 99.7 Å². The maximum absolute atomic E-state index is 2.59. The highest BCUT2D eigenvalue weighted by Gasteiger charge is 2.53. The Kier molecular flexibility index (Phi) is 10.9. The standard InChI is InChI=1S/C69H62N2/c1-43(2)47-25-33-51(34-26-47)70(52-35-27-48(28-36-52)44(3)4)65-41-63-67(59-21-11-9-19-57(59)65)68-60-22-12-10-20-58(60)66(42-64(68)69(63)61-23-15-13-17-55(61)56-18-14-16-24-62(56)69)71(53-37-29-49(30-38-53)45(5)6)54-39-31-50(32-40-54)46(7)8/h9-46H,1-8H3. The Morgan fingerprint density at radius 2 is 0.549 bits per heavy atom. The highest BCUT2D eigenvalue weighted by Crippen LogP contribution is 2.67. The predicted octanol–water partition coefficient (Wildman–Crippen LogP) is 19.8. The predicted molar refractivity (Wildman–Crippen MR) is 303 cm³/mol. The Bertz CT molecular complexity index is 3280. The monoisotopic (exact) mass is 918 g/mol. The first kappa shape index (κ1) is 44.5. The van der Waals surface area contributed by atoms with E-state index in [2.05, 4.69) is 271 Å². The smallest absolute Gasteiger partial charge is 0.0727 e. The summed E-state index contributed by atoms with van der Waals surface area (Å²) in [7, 11) is 0. The van der Waals surface area contributed by atoms with Gasteiger partial charge in [0, 0.05) is 33.5 Å².